The minimum absolute atomic E-state index is 0.225. The van der Waals surface area contributed by atoms with Crippen LogP contribution in [0.2, 0.25) is 0 Å². The zero-order valence-electron chi connectivity index (χ0n) is 9.61. The minimum atomic E-state index is -0.244. The molecule has 7 nitrogen and oxygen atoms in total. The number of hydrogen-bond donors (Lipinski definition) is 3. The van der Waals surface area contributed by atoms with Gasteiger partial charge in [-0.2, -0.15) is 4.98 Å². The normalized spacial score (nSPS) is 16.9. The Morgan fingerprint density at radius 3 is 3.00 bits per heavy atom. The third kappa shape index (κ3) is 3.72. The summed E-state index contributed by atoms with van der Waals surface area (Å²) in [7, 11) is 0. The maximum atomic E-state index is 11.1. The Balaban J connectivity index is 1.79. The van der Waals surface area contributed by atoms with Gasteiger partial charge in [0.15, 0.2) is 0 Å². The molecule has 94 valence electrons. The summed E-state index contributed by atoms with van der Waals surface area (Å²) in [5, 5.41) is 3.04. The van der Waals surface area contributed by atoms with Gasteiger partial charge in [-0.05, 0) is 0 Å². The molecule has 0 aromatic carbocycles. The van der Waals surface area contributed by atoms with Crippen molar-refractivity contribution in [1.29, 1.82) is 0 Å². The quantitative estimate of drug-likeness (QED) is 0.630. The van der Waals surface area contributed by atoms with Crippen LogP contribution in [0.3, 0.4) is 0 Å². The Morgan fingerprint density at radius 1 is 1.53 bits per heavy atom. The first-order valence-corrected chi connectivity index (χ1v) is 5.65. The molecule has 1 aliphatic heterocycles. The predicted octanol–water partition coefficient (Wildman–Crippen LogP) is -0.904. The Hall–Kier alpha value is -1.60. The molecule has 2 heterocycles. The molecule has 0 amide bonds. The molecule has 0 bridgehead atoms. The zero-order chi connectivity index (χ0) is 12.1. The van der Waals surface area contributed by atoms with Crippen molar-refractivity contribution in [3.8, 4) is 0 Å². The fourth-order valence-electron chi connectivity index (χ4n) is 1.72. The highest BCUT2D eigenvalue weighted by atomic mass is 16.5. The van der Waals surface area contributed by atoms with Crippen LogP contribution in [-0.4, -0.2) is 54.3 Å². The number of nitrogen functional groups attached to an aromatic ring is 1. The van der Waals surface area contributed by atoms with Crippen LogP contribution >= 0.6 is 0 Å². The minimum Gasteiger partial charge on any atom is -0.383 e. The lowest BCUT2D eigenvalue weighted by molar-refractivity contribution is 0.0398. The Kier molecular flexibility index (Phi) is 3.94. The summed E-state index contributed by atoms with van der Waals surface area (Å²) in [6, 6.07) is 1.26. The lowest BCUT2D eigenvalue weighted by Gasteiger charge is -2.26. The number of nitrogens with zero attached hydrogens (tertiary/aromatic N) is 2. The van der Waals surface area contributed by atoms with Crippen molar-refractivity contribution in [2.45, 2.75) is 0 Å². The number of aromatic amines is 1. The van der Waals surface area contributed by atoms with Gasteiger partial charge < -0.3 is 15.8 Å². The fraction of sp³-hybridized carbons (Fsp3) is 0.600. The van der Waals surface area contributed by atoms with Crippen LogP contribution in [0, 0.1) is 0 Å². The van der Waals surface area contributed by atoms with E-state index in [1.165, 1.54) is 6.07 Å². The van der Waals surface area contributed by atoms with E-state index in [1.807, 2.05) is 0 Å². The van der Waals surface area contributed by atoms with Crippen LogP contribution in [0.15, 0.2) is 10.9 Å². The number of nitrogens with one attached hydrogen (secondary N) is 2. The molecule has 2 rings (SSSR count). The van der Waals surface area contributed by atoms with Crippen LogP contribution in [0.1, 0.15) is 0 Å². The largest absolute Gasteiger partial charge is 0.383 e. The first-order valence-electron chi connectivity index (χ1n) is 5.65. The van der Waals surface area contributed by atoms with Gasteiger partial charge >= 0.3 is 0 Å². The maximum absolute atomic E-state index is 11.1. The molecule has 1 fully saturated rings. The van der Waals surface area contributed by atoms with E-state index in [-0.39, 0.29) is 11.4 Å². The molecule has 1 aromatic rings. The number of ether oxygens (including phenoxy) is 1. The number of hydrogen-bond acceptors (Lipinski definition) is 6. The van der Waals surface area contributed by atoms with Crippen molar-refractivity contribution in [3.05, 3.63) is 16.4 Å². The van der Waals surface area contributed by atoms with E-state index in [2.05, 4.69) is 20.2 Å². The number of morpholine rings is 1. The molecular weight excluding hydrogens is 222 g/mol. The molecule has 4 N–H and O–H groups in total. The van der Waals surface area contributed by atoms with E-state index in [9.17, 15) is 4.79 Å². The molecule has 0 atom stereocenters. The number of aromatic nitrogens is 2. The molecule has 1 aromatic heterocycles. The summed E-state index contributed by atoms with van der Waals surface area (Å²) >= 11 is 0. The number of H-pyrrole nitrogens is 1. The SMILES string of the molecule is Nc1cc(=O)[nH]c(NCCN2CCOCC2)n1. The summed E-state index contributed by atoms with van der Waals surface area (Å²) in [5.74, 6) is 0.644. The monoisotopic (exact) mass is 239 g/mol. The van der Waals surface area contributed by atoms with Crippen molar-refractivity contribution < 1.29 is 4.74 Å². The molecule has 0 saturated carbocycles. The van der Waals surface area contributed by atoms with E-state index >= 15 is 0 Å². The van der Waals surface area contributed by atoms with Crippen molar-refractivity contribution in [2.75, 3.05) is 50.4 Å². The molecule has 1 saturated heterocycles. The third-order valence-corrected chi connectivity index (χ3v) is 2.59. The number of nitrogens with two attached hydrogens (primary N) is 1. The summed E-state index contributed by atoms with van der Waals surface area (Å²) in [4.78, 5) is 20.0. The van der Waals surface area contributed by atoms with Gasteiger partial charge in [0.1, 0.15) is 5.82 Å². The van der Waals surface area contributed by atoms with Gasteiger partial charge in [-0.1, -0.05) is 0 Å². The molecule has 0 spiro atoms. The average Bonchev–Trinajstić information content (AvgIpc) is 2.29. The Bertz CT molecular complexity index is 413. The van der Waals surface area contributed by atoms with Crippen molar-refractivity contribution in [1.82, 2.24) is 14.9 Å². The molecule has 7 heteroatoms. The summed E-state index contributed by atoms with van der Waals surface area (Å²) in [5.41, 5.74) is 5.23. The lowest BCUT2D eigenvalue weighted by atomic mass is 10.4. The fourth-order valence-corrected chi connectivity index (χ4v) is 1.72. The van der Waals surface area contributed by atoms with E-state index < -0.39 is 0 Å². The lowest BCUT2D eigenvalue weighted by Crippen LogP contribution is -2.39. The first kappa shape index (κ1) is 11.9. The highest BCUT2D eigenvalue weighted by Gasteiger charge is 2.09. The highest BCUT2D eigenvalue weighted by Crippen LogP contribution is 1.99. The van der Waals surface area contributed by atoms with Gasteiger partial charge in [0.25, 0.3) is 5.56 Å². The van der Waals surface area contributed by atoms with E-state index in [1.54, 1.807) is 0 Å². The average molecular weight is 239 g/mol. The molecule has 1 aliphatic rings. The smallest absolute Gasteiger partial charge is 0.254 e. The van der Waals surface area contributed by atoms with Crippen molar-refractivity contribution in [3.63, 3.8) is 0 Å². The van der Waals surface area contributed by atoms with E-state index in [0.717, 1.165) is 32.8 Å². The molecule has 0 aliphatic carbocycles. The maximum Gasteiger partial charge on any atom is 0.254 e. The van der Waals surface area contributed by atoms with Gasteiger partial charge in [0, 0.05) is 32.2 Å². The summed E-state index contributed by atoms with van der Waals surface area (Å²) < 4.78 is 5.26. The second kappa shape index (κ2) is 5.65. The highest BCUT2D eigenvalue weighted by molar-refractivity contribution is 5.34. The van der Waals surface area contributed by atoms with Crippen LogP contribution in [0.5, 0.6) is 0 Å². The predicted molar refractivity (Wildman–Crippen MR) is 65.0 cm³/mol. The molecular formula is C10H17N5O2. The first-order chi connectivity index (χ1) is 8.24. The number of rotatable bonds is 4. The van der Waals surface area contributed by atoms with Gasteiger partial charge in [0.05, 0.1) is 13.2 Å². The topological polar surface area (TPSA) is 96.3 Å². The van der Waals surface area contributed by atoms with Gasteiger partial charge in [0.2, 0.25) is 5.95 Å². The Labute approximate surface area is 99.0 Å². The van der Waals surface area contributed by atoms with Crippen LogP contribution in [-0.2, 0) is 4.74 Å². The van der Waals surface area contributed by atoms with Gasteiger partial charge in [-0.15, -0.1) is 0 Å². The second-order valence-corrected chi connectivity index (χ2v) is 3.90. The van der Waals surface area contributed by atoms with Crippen molar-refractivity contribution in [2.24, 2.45) is 0 Å². The third-order valence-electron chi connectivity index (χ3n) is 2.59. The van der Waals surface area contributed by atoms with E-state index in [4.69, 9.17) is 10.5 Å². The van der Waals surface area contributed by atoms with Crippen LogP contribution < -0.4 is 16.6 Å². The molecule has 0 radical (unpaired) electrons. The van der Waals surface area contributed by atoms with Gasteiger partial charge in [-0.25, -0.2) is 0 Å². The summed E-state index contributed by atoms with van der Waals surface area (Å²) in [6.45, 7) is 5.07. The Morgan fingerprint density at radius 2 is 2.29 bits per heavy atom. The molecule has 17 heavy (non-hydrogen) atoms. The van der Waals surface area contributed by atoms with E-state index in [0.29, 0.717) is 12.5 Å². The summed E-state index contributed by atoms with van der Waals surface area (Å²) in [6.07, 6.45) is 0. The standard InChI is InChI=1S/C10H17N5O2/c11-8-7-9(16)14-10(13-8)12-1-2-15-3-5-17-6-4-15/h7H,1-6H2,(H4,11,12,13,14,16). The van der Waals surface area contributed by atoms with Gasteiger partial charge in [-0.3, -0.25) is 14.7 Å². The second-order valence-electron chi connectivity index (χ2n) is 3.90. The van der Waals surface area contributed by atoms with Crippen LogP contribution in [0.25, 0.3) is 0 Å². The van der Waals surface area contributed by atoms with Crippen LogP contribution in [0.4, 0.5) is 11.8 Å². The van der Waals surface area contributed by atoms with Crippen molar-refractivity contribution >= 4 is 11.8 Å². The zero-order valence-corrected chi connectivity index (χ0v) is 9.61. The molecule has 0 unspecified atom stereocenters. The number of anilines is 2.